The number of hydrogen-bond donors (Lipinski definition) is 1. The van der Waals surface area contributed by atoms with Gasteiger partial charge in [0.05, 0.1) is 0 Å². The number of rotatable bonds is 1. The highest BCUT2D eigenvalue weighted by molar-refractivity contribution is 7.93. The van der Waals surface area contributed by atoms with Gasteiger partial charge in [0, 0.05) is 11.5 Å². The maximum absolute atomic E-state index is 12.4. The minimum Gasteiger partial charge on any atom is -0.282 e. The molecule has 21 heavy (non-hydrogen) atoms. The van der Waals surface area contributed by atoms with Gasteiger partial charge in [0.2, 0.25) is 15.4 Å². The van der Waals surface area contributed by atoms with Crippen LogP contribution in [0, 0.1) is 17.7 Å². The summed E-state index contributed by atoms with van der Waals surface area (Å²) in [5.74, 6) is -0.568. The molecule has 1 aromatic carbocycles. The Morgan fingerprint density at radius 3 is 2.67 bits per heavy atom. The van der Waals surface area contributed by atoms with Crippen molar-refractivity contribution in [3.63, 3.8) is 0 Å². The fourth-order valence-electron chi connectivity index (χ4n) is 2.51. The summed E-state index contributed by atoms with van der Waals surface area (Å²) in [5.41, 5.74) is 2.20. The van der Waals surface area contributed by atoms with Crippen LogP contribution < -0.4 is 4.72 Å². The lowest BCUT2D eigenvalue weighted by Gasteiger charge is -2.30. The van der Waals surface area contributed by atoms with Crippen LogP contribution in [0.4, 0.5) is 0 Å². The molecular formula is C15H13N3O2S. The third-order valence-electron chi connectivity index (χ3n) is 3.51. The molecule has 0 saturated heterocycles. The van der Waals surface area contributed by atoms with E-state index in [2.05, 4.69) is 9.70 Å². The third-order valence-corrected chi connectivity index (χ3v) is 5.00. The highest BCUT2D eigenvalue weighted by Gasteiger charge is 2.39. The fraction of sp³-hybridized carbons (Fsp3) is 0.133. The van der Waals surface area contributed by atoms with E-state index in [1.54, 1.807) is 42.8 Å². The summed E-state index contributed by atoms with van der Waals surface area (Å²) in [4.78, 5) is 3.54. The van der Waals surface area contributed by atoms with Gasteiger partial charge in [-0.2, -0.15) is 24.1 Å². The van der Waals surface area contributed by atoms with Crippen molar-refractivity contribution >= 4 is 15.7 Å². The summed E-state index contributed by atoms with van der Waals surface area (Å²) in [5, 5.41) is 9.38. The number of allylic oxidation sites excluding steroid dienone is 3. The lowest BCUT2D eigenvalue weighted by Crippen LogP contribution is -2.34. The van der Waals surface area contributed by atoms with Gasteiger partial charge in [0.1, 0.15) is 5.70 Å². The van der Waals surface area contributed by atoms with Crippen molar-refractivity contribution in [1.29, 1.82) is 5.39 Å². The molecule has 1 heterocycles. The summed E-state index contributed by atoms with van der Waals surface area (Å²) in [7, 11) is -3.64. The van der Waals surface area contributed by atoms with Crippen LogP contribution in [0.15, 0.2) is 58.7 Å². The maximum atomic E-state index is 12.4. The van der Waals surface area contributed by atoms with E-state index in [0.29, 0.717) is 17.0 Å². The maximum Gasteiger partial charge on any atom is 0.375 e. The molecule has 1 N–H and O–H groups in total. The second-order valence-electron chi connectivity index (χ2n) is 4.96. The number of benzene rings is 1. The van der Waals surface area contributed by atoms with E-state index >= 15 is 0 Å². The minimum atomic E-state index is -3.64. The molecule has 106 valence electrons. The normalized spacial score (nSPS) is 23.0. The smallest absolute Gasteiger partial charge is 0.282 e. The molecule has 0 radical (unpaired) electrons. The van der Waals surface area contributed by atoms with Gasteiger partial charge >= 0.3 is 5.70 Å². The number of nitrogens with zero attached hydrogens (tertiary/aromatic N) is 2. The topological polar surface area (TPSA) is 74.3 Å². The Hall–Kier alpha value is -2.52. The summed E-state index contributed by atoms with van der Waals surface area (Å²) in [6.45, 7) is 1.87. The third kappa shape index (κ3) is 2.22. The molecule has 3 rings (SSSR count). The first-order chi connectivity index (χ1) is 10.0. The van der Waals surface area contributed by atoms with Crippen LogP contribution in [0.5, 0.6) is 0 Å². The van der Waals surface area contributed by atoms with Gasteiger partial charge in [-0.15, -0.1) is 0 Å². The quantitative estimate of drug-likeness (QED) is 0.640. The van der Waals surface area contributed by atoms with E-state index in [4.69, 9.17) is 0 Å². The average molecular weight is 299 g/mol. The summed E-state index contributed by atoms with van der Waals surface area (Å²) >= 11 is 0. The van der Waals surface area contributed by atoms with Crippen LogP contribution >= 0.6 is 0 Å². The first kappa shape index (κ1) is 13.5. The lowest BCUT2D eigenvalue weighted by molar-refractivity contribution is 0.591. The SMILES string of the molecule is CC1=CC2C(=C[CH-]1)S(=O)(=O)NC(c1ccccc1)=C2[N+]#N. The highest BCUT2D eigenvalue weighted by atomic mass is 32.2. The largest absolute Gasteiger partial charge is 0.375 e. The second-order valence-corrected chi connectivity index (χ2v) is 6.64. The molecule has 1 aliphatic carbocycles. The van der Waals surface area contributed by atoms with Crippen molar-refractivity contribution in [3.05, 3.63) is 75.6 Å². The number of sulfonamides is 1. The van der Waals surface area contributed by atoms with E-state index < -0.39 is 15.9 Å². The molecule has 0 spiro atoms. The van der Waals surface area contributed by atoms with E-state index in [1.165, 1.54) is 0 Å². The molecule has 0 aromatic heterocycles. The monoisotopic (exact) mass is 299 g/mol. The molecule has 1 unspecified atom stereocenters. The molecule has 1 atom stereocenters. The van der Waals surface area contributed by atoms with Crippen LogP contribution in [-0.4, -0.2) is 8.42 Å². The molecular weight excluding hydrogens is 286 g/mol. The Balaban J connectivity index is 2.26. The standard InChI is InChI=1S/C15H13N3O2S/c1-10-7-8-13-12(9-10)15(17-16)14(18-21(13,19)20)11-5-3-2-4-6-11/h2-9,12,18H,1H3. The Kier molecular flexibility index (Phi) is 3.07. The zero-order chi connectivity index (χ0) is 15.0. The number of hydrogen-bond acceptors (Lipinski definition) is 3. The first-order valence-electron chi connectivity index (χ1n) is 6.44. The Labute approximate surface area is 123 Å². The van der Waals surface area contributed by atoms with Crippen LogP contribution in [0.3, 0.4) is 0 Å². The molecule has 5 nitrogen and oxygen atoms in total. The number of nitrogens with one attached hydrogen (secondary N) is 1. The van der Waals surface area contributed by atoms with E-state index in [9.17, 15) is 13.8 Å². The molecule has 0 fully saturated rings. The molecule has 1 aromatic rings. The minimum absolute atomic E-state index is 0.195. The van der Waals surface area contributed by atoms with Gasteiger partial charge in [0.25, 0.3) is 0 Å². The molecule has 0 bridgehead atoms. The van der Waals surface area contributed by atoms with E-state index in [1.807, 2.05) is 13.0 Å². The van der Waals surface area contributed by atoms with Gasteiger partial charge < -0.3 is 0 Å². The Morgan fingerprint density at radius 2 is 2.00 bits per heavy atom. The zero-order valence-electron chi connectivity index (χ0n) is 11.3. The average Bonchev–Trinajstić information content (AvgIpc) is 2.47. The summed E-state index contributed by atoms with van der Waals surface area (Å²) < 4.78 is 27.3. The zero-order valence-corrected chi connectivity index (χ0v) is 12.1. The van der Waals surface area contributed by atoms with Gasteiger partial charge in [-0.3, -0.25) is 4.72 Å². The molecule has 0 saturated carbocycles. The van der Waals surface area contributed by atoms with Crippen LogP contribution in [0.1, 0.15) is 12.5 Å². The Bertz CT molecular complexity index is 827. The van der Waals surface area contributed by atoms with Crippen LogP contribution in [-0.2, 0) is 10.0 Å². The van der Waals surface area contributed by atoms with Crippen molar-refractivity contribution in [3.8, 4) is 0 Å². The van der Waals surface area contributed by atoms with Gasteiger partial charge in [-0.05, 0) is 4.91 Å². The lowest BCUT2D eigenvalue weighted by atomic mass is 9.92. The number of fused-ring (bicyclic) bond motifs is 1. The fourth-order valence-corrected chi connectivity index (χ4v) is 3.88. The van der Waals surface area contributed by atoms with Gasteiger partial charge in [-0.1, -0.05) is 37.3 Å². The van der Waals surface area contributed by atoms with Crippen molar-refractivity contribution in [2.24, 2.45) is 5.92 Å². The van der Waals surface area contributed by atoms with Crippen molar-refractivity contribution < 1.29 is 8.42 Å². The second kappa shape index (κ2) is 4.79. The van der Waals surface area contributed by atoms with Gasteiger partial charge in [0.15, 0.2) is 4.98 Å². The van der Waals surface area contributed by atoms with E-state index in [-0.39, 0.29) is 4.91 Å². The highest BCUT2D eigenvalue weighted by Crippen LogP contribution is 2.39. The Morgan fingerprint density at radius 1 is 1.29 bits per heavy atom. The first-order valence-corrected chi connectivity index (χ1v) is 7.92. The van der Waals surface area contributed by atoms with E-state index in [0.717, 1.165) is 5.57 Å². The number of diazo groups is 1. The van der Waals surface area contributed by atoms with Crippen LogP contribution in [0.25, 0.3) is 10.7 Å². The molecule has 1 aliphatic heterocycles. The van der Waals surface area contributed by atoms with Crippen molar-refractivity contribution in [2.45, 2.75) is 6.92 Å². The molecule has 0 amide bonds. The molecule has 6 heteroatoms. The van der Waals surface area contributed by atoms with Crippen LogP contribution in [0.2, 0.25) is 0 Å². The van der Waals surface area contributed by atoms with Gasteiger partial charge in [-0.25, -0.2) is 8.42 Å². The van der Waals surface area contributed by atoms with Crippen molar-refractivity contribution in [2.75, 3.05) is 0 Å². The summed E-state index contributed by atoms with van der Waals surface area (Å²) in [6.07, 6.45) is 5.06. The predicted molar refractivity (Wildman–Crippen MR) is 80.1 cm³/mol. The summed E-state index contributed by atoms with van der Waals surface area (Å²) in [6, 6.07) is 8.97. The van der Waals surface area contributed by atoms with Crippen molar-refractivity contribution in [1.82, 2.24) is 4.72 Å². The predicted octanol–water partition coefficient (Wildman–Crippen LogP) is 2.81. The molecule has 2 aliphatic rings.